The first-order valence-electron chi connectivity index (χ1n) is 9.74. The van der Waals surface area contributed by atoms with Gasteiger partial charge >= 0.3 is 6.18 Å². The average Bonchev–Trinajstić information content (AvgIpc) is 3.05. The van der Waals surface area contributed by atoms with Crippen LogP contribution in [0.15, 0.2) is 45.6 Å². The smallest absolute Gasteiger partial charge is 0.449 e. The molecule has 0 amide bonds. The number of hydrogen-bond acceptors (Lipinski definition) is 4. The normalized spacial score (nSPS) is 15.0. The number of likely N-dealkylation sites (tertiary alicyclic amines) is 1. The van der Waals surface area contributed by atoms with Crippen LogP contribution in [0.4, 0.5) is 17.6 Å². The number of benzene rings is 2. The maximum Gasteiger partial charge on any atom is 0.449 e. The van der Waals surface area contributed by atoms with Crippen LogP contribution in [0.3, 0.4) is 0 Å². The van der Waals surface area contributed by atoms with Crippen molar-refractivity contribution < 1.29 is 22.0 Å². The van der Waals surface area contributed by atoms with Crippen molar-refractivity contribution in [3.8, 4) is 11.3 Å². The van der Waals surface area contributed by atoms with Gasteiger partial charge in [0.1, 0.15) is 16.8 Å². The number of hydrogen-bond donors (Lipinski definition) is 0. The zero-order valence-corrected chi connectivity index (χ0v) is 16.5. The van der Waals surface area contributed by atoms with Crippen molar-refractivity contribution in [2.45, 2.75) is 19.1 Å². The second kappa shape index (κ2) is 6.91. The minimum Gasteiger partial charge on any atom is -0.454 e. The predicted molar refractivity (Wildman–Crippen MR) is 107 cm³/mol. The van der Waals surface area contributed by atoms with Gasteiger partial charge in [-0.15, -0.1) is 0 Å². The Balaban J connectivity index is 1.67. The maximum absolute atomic E-state index is 14.5. The van der Waals surface area contributed by atoms with Gasteiger partial charge in [0.15, 0.2) is 16.8 Å². The summed E-state index contributed by atoms with van der Waals surface area (Å²) in [5, 5.41) is -0.139. The molecule has 0 radical (unpaired) electrons. The summed E-state index contributed by atoms with van der Waals surface area (Å²) in [4.78, 5) is 18.4. The number of fused-ring (bicyclic) bond motifs is 3. The van der Waals surface area contributed by atoms with Gasteiger partial charge in [0.2, 0.25) is 5.82 Å². The minimum absolute atomic E-state index is 0.131. The van der Waals surface area contributed by atoms with Crippen LogP contribution in [0, 0.1) is 5.82 Å². The zero-order chi connectivity index (χ0) is 21.9. The monoisotopic (exact) mass is 431 g/mol. The molecular weight excluding hydrogens is 414 g/mol. The van der Waals surface area contributed by atoms with Crippen molar-refractivity contribution in [3.05, 3.63) is 63.8 Å². The summed E-state index contributed by atoms with van der Waals surface area (Å²) in [5.41, 5.74) is 0.327. The van der Waals surface area contributed by atoms with E-state index < -0.39 is 28.8 Å². The second-order valence-electron chi connectivity index (χ2n) is 7.73. The summed E-state index contributed by atoms with van der Waals surface area (Å²) in [6.07, 6.45) is -3.59. The van der Waals surface area contributed by atoms with E-state index >= 15 is 0 Å². The second-order valence-corrected chi connectivity index (χ2v) is 7.73. The Morgan fingerprint density at radius 1 is 1.13 bits per heavy atom. The SMILES string of the molecule is Cn1c(C(F)(F)F)nc2c(F)cc3c(=O)cc(-c4ccc(CN5CCC5)cc4)oc3c21. The first-order chi connectivity index (χ1) is 14.7. The highest BCUT2D eigenvalue weighted by atomic mass is 19.4. The van der Waals surface area contributed by atoms with Gasteiger partial charge in [-0.3, -0.25) is 9.69 Å². The molecule has 160 valence electrons. The van der Waals surface area contributed by atoms with E-state index in [9.17, 15) is 22.4 Å². The highest BCUT2D eigenvalue weighted by molar-refractivity contribution is 6.01. The maximum atomic E-state index is 14.5. The van der Waals surface area contributed by atoms with E-state index in [1.165, 1.54) is 12.5 Å². The van der Waals surface area contributed by atoms with Gasteiger partial charge in [-0.1, -0.05) is 24.3 Å². The molecule has 9 heteroatoms. The third-order valence-electron chi connectivity index (χ3n) is 5.64. The Kier molecular flexibility index (Phi) is 4.40. The van der Waals surface area contributed by atoms with E-state index in [0.29, 0.717) is 10.1 Å². The topological polar surface area (TPSA) is 51.3 Å². The van der Waals surface area contributed by atoms with Gasteiger partial charge in [-0.05, 0) is 31.1 Å². The van der Waals surface area contributed by atoms with Crippen LogP contribution in [0.1, 0.15) is 17.8 Å². The lowest BCUT2D eigenvalue weighted by atomic mass is 10.1. The van der Waals surface area contributed by atoms with Crippen LogP contribution in [-0.2, 0) is 19.8 Å². The largest absolute Gasteiger partial charge is 0.454 e. The Morgan fingerprint density at radius 2 is 1.84 bits per heavy atom. The highest BCUT2D eigenvalue weighted by Gasteiger charge is 2.38. The molecule has 5 rings (SSSR count). The Morgan fingerprint density at radius 3 is 2.45 bits per heavy atom. The van der Waals surface area contributed by atoms with Crippen molar-refractivity contribution >= 4 is 22.0 Å². The van der Waals surface area contributed by atoms with Crippen LogP contribution in [0.25, 0.3) is 33.3 Å². The van der Waals surface area contributed by atoms with Gasteiger partial charge in [0.25, 0.3) is 0 Å². The van der Waals surface area contributed by atoms with Crippen molar-refractivity contribution in [2.75, 3.05) is 13.1 Å². The van der Waals surface area contributed by atoms with Gasteiger partial charge in [0.05, 0.1) is 5.39 Å². The molecule has 1 aliphatic heterocycles. The molecule has 1 fully saturated rings. The molecule has 31 heavy (non-hydrogen) atoms. The molecule has 1 aliphatic rings. The third-order valence-corrected chi connectivity index (χ3v) is 5.64. The fourth-order valence-electron chi connectivity index (χ4n) is 3.90. The molecule has 1 saturated heterocycles. The van der Waals surface area contributed by atoms with Gasteiger partial charge in [-0.25, -0.2) is 9.37 Å². The summed E-state index contributed by atoms with van der Waals surface area (Å²) >= 11 is 0. The number of aromatic nitrogens is 2. The number of alkyl halides is 3. The number of rotatable bonds is 3. The highest BCUT2D eigenvalue weighted by Crippen LogP contribution is 2.35. The van der Waals surface area contributed by atoms with Crippen LogP contribution in [0.2, 0.25) is 0 Å². The lowest BCUT2D eigenvalue weighted by Gasteiger charge is -2.30. The Labute approximate surface area is 173 Å². The van der Waals surface area contributed by atoms with Crippen LogP contribution in [0.5, 0.6) is 0 Å². The fraction of sp³-hybridized carbons (Fsp3) is 0.273. The van der Waals surface area contributed by atoms with Crippen LogP contribution >= 0.6 is 0 Å². The van der Waals surface area contributed by atoms with E-state index in [0.717, 1.165) is 38.3 Å². The van der Waals surface area contributed by atoms with Crippen LogP contribution in [-0.4, -0.2) is 27.5 Å². The summed E-state index contributed by atoms with van der Waals surface area (Å²) in [6.45, 7) is 2.97. The van der Waals surface area contributed by atoms with E-state index in [2.05, 4.69) is 9.88 Å². The molecule has 0 bridgehead atoms. The molecule has 0 unspecified atom stereocenters. The summed E-state index contributed by atoms with van der Waals surface area (Å²) in [7, 11) is 1.12. The summed E-state index contributed by atoms with van der Waals surface area (Å²) in [5.74, 6) is -2.09. The van der Waals surface area contributed by atoms with E-state index in [4.69, 9.17) is 4.42 Å². The molecule has 0 spiro atoms. The standard InChI is InChI=1S/C22H17F4N3O2/c1-28-19-18(27-21(28)22(24,25)26)15(23)9-14-16(30)10-17(31-20(14)19)13-5-3-12(4-6-13)11-29-7-2-8-29/h3-6,9-10H,2,7-8,11H2,1H3. The number of halogens is 4. The lowest BCUT2D eigenvalue weighted by molar-refractivity contribution is -0.146. The Bertz CT molecular complexity index is 1370. The van der Waals surface area contributed by atoms with Gasteiger partial charge < -0.3 is 8.98 Å². The molecule has 0 saturated carbocycles. The number of imidazole rings is 1. The molecule has 3 heterocycles. The van der Waals surface area contributed by atoms with Crippen molar-refractivity contribution in [3.63, 3.8) is 0 Å². The van der Waals surface area contributed by atoms with Gasteiger partial charge in [-0.2, -0.15) is 13.2 Å². The van der Waals surface area contributed by atoms with Gasteiger partial charge in [0, 0.05) is 25.2 Å². The van der Waals surface area contributed by atoms with Crippen molar-refractivity contribution in [2.24, 2.45) is 7.05 Å². The number of nitrogens with zero attached hydrogens (tertiary/aromatic N) is 3. The first kappa shape index (κ1) is 19.7. The molecule has 0 N–H and O–H groups in total. The molecular formula is C22H17F4N3O2. The van der Waals surface area contributed by atoms with Crippen molar-refractivity contribution in [1.29, 1.82) is 0 Å². The van der Waals surface area contributed by atoms with E-state index in [1.807, 2.05) is 12.1 Å². The first-order valence-corrected chi connectivity index (χ1v) is 9.74. The zero-order valence-electron chi connectivity index (χ0n) is 16.5. The fourth-order valence-corrected chi connectivity index (χ4v) is 3.90. The summed E-state index contributed by atoms with van der Waals surface area (Å²) < 4.78 is 60.9. The van der Waals surface area contributed by atoms with Crippen molar-refractivity contribution in [1.82, 2.24) is 14.5 Å². The molecule has 4 aromatic rings. The van der Waals surface area contributed by atoms with E-state index in [1.54, 1.807) is 12.1 Å². The van der Waals surface area contributed by atoms with E-state index in [-0.39, 0.29) is 22.2 Å². The molecule has 2 aromatic carbocycles. The molecule has 2 aromatic heterocycles. The number of aryl methyl sites for hydroxylation is 1. The van der Waals surface area contributed by atoms with Crippen LogP contribution < -0.4 is 5.43 Å². The minimum atomic E-state index is -4.78. The quantitative estimate of drug-likeness (QED) is 0.441. The summed E-state index contributed by atoms with van der Waals surface area (Å²) in [6, 6.07) is 9.53. The predicted octanol–water partition coefficient (Wildman–Crippen LogP) is 4.71. The Hall–Kier alpha value is -3.20. The molecule has 0 atom stereocenters. The molecule has 5 nitrogen and oxygen atoms in total. The lowest BCUT2D eigenvalue weighted by Crippen LogP contribution is -2.36. The molecule has 0 aliphatic carbocycles. The average molecular weight is 431 g/mol. The third kappa shape index (κ3) is 3.29.